The number of halogens is 2. The van der Waals surface area contributed by atoms with Crippen LogP contribution in [0.25, 0.3) is 0 Å². The molecule has 46 valence electrons. The van der Waals surface area contributed by atoms with E-state index < -0.39 is 0 Å². The van der Waals surface area contributed by atoms with Crippen molar-refractivity contribution in [1.29, 1.82) is 0 Å². The lowest BCUT2D eigenvalue weighted by molar-refractivity contribution is 1.80. The van der Waals surface area contributed by atoms with Crippen LogP contribution in [0.15, 0.2) is 12.7 Å². The normalized spacial score (nSPS) is 4.43. The largest absolute Gasteiger partial charge is 0.344 e. The second-order valence-electron chi connectivity index (χ2n) is 0.443. The fourth-order valence-electron chi connectivity index (χ4n) is 0. The van der Waals surface area contributed by atoms with Crippen LogP contribution in [-0.2, 0) is 0 Å². The van der Waals surface area contributed by atoms with Gasteiger partial charge in [0.1, 0.15) is 0 Å². The molecule has 0 amide bonds. The molecule has 0 aromatic rings. The van der Waals surface area contributed by atoms with Crippen molar-refractivity contribution in [2.24, 2.45) is 0 Å². The molecule has 0 atom stereocenters. The molecular formula is C4H11Cl2N. The smallest absolute Gasteiger partial charge is 0.0401 e. The minimum absolute atomic E-state index is 0. The van der Waals surface area contributed by atoms with Crippen LogP contribution < -0.4 is 6.15 Å². The standard InChI is InChI=1S/C3H5Cl.CH3Cl.H3N/c1-2-3-4;1-2;/h2H,1,3H2;1H3;1H3. The molecule has 0 heterocycles. The molecule has 1 nitrogen and oxygen atoms in total. The summed E-state index contributed by atoms with van der Waals surface area (Å²) in [5, 5.41) is 0. The molecule has 3 heteroatoms. The fourth-order valence-corrected chi connectivity index (χ4v) is 0. The second kappa shape index (κ2) is 33.7. The number of hydrogen-bond donors (Lipinski definition) is 1. The summed E-state index contributed by atoms with van der Waals surface area (Å²) in [6, 6.07) is 0. The molecular weight excluding hydrogens is 133 g/mol. The molecule has 0 fully saturated rings. The van der Waals surface area contributed by atoms with Gasteiger partial charge in [-0.15, -0.1) is 29.8 Å². The Kier molecular flexibility index (Phi) is 75.4. The topological polar surface area (TPSA) is 35.0 Å². The lowest BCUT2D eigenvalue weighted by atomic mass is 10.8. The molecule has 0 aromatic heterocycles. The first-order valence-electron chi connectivity index (χ1n) is 1.46. The highest BCUT2D eigenvalue weighted by Gasteiger charge is 1.48. The van der Waals surface area contributed by atoms with Crippen LogP contribution in [0.4, 0.5) is 0 Å². The highest BCUT2D eigenvalue weighted by molar-refractivity contribution is 6.18. The molecule has 0 unspecified atom stereocenters. The molecule has 0 saturated heterocycles. The van der Waals surface area contributed by atoms with Gasteiger partial charge in [0.15, 0.2) is 0 Å². The molecule has 3 N–H and O–H groups in total. The van der Waals surface area contributed by atoms with Gasteiger partial charge in [-0.3, -0.25) is 0 Å². The van der Waals surface area contributed by atoms with Crippen molar-refractivity contribution in [3.63, 3.8) is 0 Å². The van der Waals surface area contributed by atoms with Crippen LogP contribution in [0.5, 0.6) is 0 Å². The van der Waals surface area contributed by atoms with E-state index in [0.29, 0.717) is 5.88 Å². The van der Waals surface area contributed by atoms with E-state index in [0.717, 1.165) is 0 Å². The van der Waals surface area contributed by atoms with E-state index in [9.17, 15) is 0 Å². The third kappa shape index (κ3) is 70.2. The first-order valence-corrected chi connectivity index (χ1v) is 2.75. The average Bonchev–Trinajstić information content (AvgIpc) is 1.72. The van der Waals surface area contributed by atoms with Gasteiger partial charge >= 0.3 is 0 Å². The van der Waals surface area contributed by atoms with Gasteiger partial charge < -0.3 is 6.15 Å². The number of alkyl halides is 2. The Balaban J connectivity index is -0.0000000480. The molecule has 0 aliphatic rings. The Hall–Kier alpha value is 0.280. The van der Waals surface area contributed by atoms with Crippen LogP contribution in [0.2, 0.25) is 0 Å². The number of rotatable bonds is 1. The summed E-state index contributed by atoms with van der Waals surface area (Å²) < 4.78 is 0. The van der Waals surface area contributed by atoms with Crippen LogP contribution in [0.3, 0.4) is 0 Å². The van der Waals surface area contributed by atoms with Gasteiger partial charge in [-0.1, -0.05) is 6.08 Å². The van der Waals surface area contributed by atoms with E-state index in [2.05, 4.69) is 18.2 Å². The summed E-state index contributed by atoms with van der Waals surface area (Å²) in [6.45, 7) is 3.35. The van der Waals surface area contributed by atoms with Gasteiger partial charge in [-0.2, -0.15) is 0 Å². The van der Waals surface area contributed by atoms with Gasteiger partial charge in [-0.25, -0.2) is 0 Å². The zero-order valence-corrected chi connectivity index (χ0v) is 5.97. The summed E-state index contributed by atoms with van der Waals surface area (Å²) in [5.74, 6) is 0.556. The van der Waals surface area contributed by atoms with Gasteiger partial charge in [0.25, 0.3) is 0 Å². The van der Waals surface area contributed by atoms with Crippen LogP contribution >= 0.6 is 23.2 Å². The first-order chi connectivity index (χ1) is 2.91. The van der Waals surface area contributed by atoms with Crippen molar-refractivity contribution in [1.82, 2.24) is 6.15 Å². The summed E-state index contributed by atoms with van der Waals surface area (Å²) in [7, 11) is 0. The zero-order valence-electron chi connectivity index (χ0n) is 4.45. The van der Waals surface area contributed by atoms with Crippen LogP contribution in [0, 0.1) is 0 Å². The van der Waals surface area contributed by atoms with Crippen molar-refractivity contribution in [2.75, 3.05) is 12.3 Å². The minimum atomic E-state index is 0. The molecule has 0 bridgehead atoms. The summed E-state index contributed by atoms with van der Waals surface area (Å²) >= 11 is 9.71. The predicted molar refractivity (Wildman–Crippen MR) is 37.7 cm³/mol. The maximum absolute atomic E-state index is 5.07. The van der Waals surface area contributed by atoms with Gasteiger partial charge in [0, 0.05) is 12.3 Å². The van der Waals surface area contributed by atoms with E-state index in [-0.39, 0.29) is 6.15 Å². The highest BCUT2D eigenvalue weighted by Crippen LogP contribution is 1.67. The lowest BCUT2D eigenvalue weighted by Crippen LogP contribution is -1.45. The second-order valence-corrected chi connectivity index (χ2v) is 0.752. The Morgan fingerprint density at radius 1 is 1.57 bits per heavy atom. The molecule has 0 aliphatic heterocycles. The summed E-state index contributed by atoms with van der Waals surface area (Å²) in [5.41, 5.74) is 0. The lowest BCUT2D eigenvalue weighted by Gasteiger charge is -1.55. The molecule has 7 heavy (non-hydrogen) atoms. The molecule has 0 saturated carbocycles. The Bertz CT molecular complexity index is 23.7. The van der Waals surface area contributed by atoms with E-state index in [1.165, 1.54) is 6.38 Å². The Morgan fingerprint density at radius 2 is 1.71 bits per heavy atom. The van der Waals surface area contributed by atoms with E-state index in [1.54, 1.807) is 6.08 Å². The van der Waals surface area contributed by atoms with Crippen LogP contribution in [0.1, 0.15) is 0 Å². The monoisotopic (exact) mass is 143 g/mol. The van der Waals surface area contributed by atoms with Crippen molar-refractivity contribution in [2.45, 2.75) is 0 Å². The third-order valence-electron chi connectivity index (χ3n) is 0.109. The Labute approximate surface area is 54.9 Å². The van der Waals surface area contributed by atoms with E-state index in [1.807, 2.05) is 0 Å². The van der Waals surface area contributed by atoms with Crippen molar-refractivity contribution in [3.8, 4) is 0 Å². The molecule has 0 aliphatic carbocycles. The fraction of sp³-hybridized carbons (Fsp3) is 0.500. The maximum atomic E-state index is 5.07. The molecule has 0 spiro atoms. The molecule has 0 aromatic carbocycles. The molecule has 0 radical (unpaired) electrons. The van der Waals surface area contributed by atoms with Gasteiger partial charge in [0.2, 0.25) is 0 Å². The van der Waals surface area contributed by atoms with Crippen molar-refractivity contribution >= 4 is 23.2 Å². The quantitative estimate of drug-likeness (QED) is 0.445. The minimum Gasteiger partial charge on any atom is -0.344 e. The predicted octanol–water partition coefficient (Wildman–Crippen LogP) is 2.43. The average molecular weight is 144 g/mol. The summed E-state index contributed by atoms with van der Waals surface area (Å²) in [6.07, 6.45) is 3.11. The first kappa shape index (κ1) is 15.7. The van der Waals surface area contributed by atoms with Crippen molar-refractivity contribution < 1.29 is 0 Å². The maximum Gasteiger partial charge on any atom is 0.0401 e. The van der Waals surface area contributed by atoms with E-state index >= 15 is 0 Å². The highest BCUT2D eigenvalue weighted by atomic mass is 35.5. The molecule has 0 rings (SSSR count). The Morgan fingerprint density at radius 3 is 1.71 bits per heavy atom. The van der Waals surface area contributed by atoms with Crippen molar-refractivity contribution in [3.05, 3.63) is 12.7 Å². The SMILES string of the molecule is C=CCCl.CCl.N. The number of hydrogen-bond acceptors (Lipinski definition) is 1. The summed E-state index contributed by atoms with van der Waals surface area (Å²) in [4.78, 5) is 0. The van der Waals surface area contributed by atoms with Crippen LogP contribution in [-0.4, -0.2) is 12.3 Å². The number of allylic oxidation sites excluding steroid dienone is 1. The van der Waals surface area contributed by atoms with Gasteiger partial charge in [0.05, 0.1) is 0 Å². The van der Waals surface area contributed by atoms with Gasteiger partial charge in [-0.05, 0) is 0 Å². The third-order valence-corrected chi connectivity index (χ3v) is 0.327. The zero-order chi connectivity index (χ0) is 5.41. The van der Waals surface area contributed by atoms with E-state index in [4.69, 9.17) is 11.6 Å².